The Morgan fingerprint density at radius 2 is 2.00 bits per heavy atom. The Hall–Kier alpha value is 0.440. The van der Waals surface area contributed by atoms with Gasteiger partial charge in [0.25, 0.3) is 0 Å². The van der Waals surface area contributed by atoms with E-state index in [1.54, 1.807) is 0 Å². The van der Waals surface area contributed by atoms with E-state index in [0.29, 0.717) is 12.2 Å². The van der Waals surface area contributed by atoms with Gasteiger partial charge in [-0.2, -0.15) is 0 Å². The number of hydrogen-bond donors (Lipinski definition) is 0. The van der Waals surface area contributed by atoms with Gasteiger partial charge in [-0.3, -0.25) is 0 Å². The molecule has 2 unspecified atom stereocenters. The molecule has 2 fully saturated rings. The molecule has 1 heterocycles. The molecule has 2 rings (SSSR count). The Bertz CT molecular complexity index is 94.7. The number of alkyl halides is 1. The molecule has 46 valence electrons. The molecule has 1 aliphatic carbocycles. The van der Waals surface area contributed by atoms with E-state index in [2.05, 4.69) is 15.9 Å². The van der Waals surface area contributed by atoms with Crippen molar-refractivity contribution in [3.63, 3.8) is 0 Å². The van der Waals surface area contributed by atoms with Crippen molar-refractivity contribution in [1.82, 2.24) is 0 Å². The van der Waals surface area contributed by atoms with E-state index in [0.717, 1.165) is 5.92 Å². The van der Waals surface area contributed by atoms with Crippen LogP contribution >= 0.6 is 15.9 Å². The molecule has 0 aromatic carbocycles. The maximum absolute atomic E-state index is 5.26. The number of rotatable bonds is 1. The number of halogens is 1. The van der Waals surface area contributed by atoms with Crippen LogP contribution in [-0.4, -0.2) is 17.5 Å². The van der Waals surface area contributed by atoms with Crippen molar-refractivity contribution in [3.05, 3.63) is 0 Å². The smallest absolute Gasteiger partial charge is 0.0845 e. The van der Waals surface area contributed by atoms with Gasteiger partial charge in [0, 0.05) is 5.33 Å². The van der Waals surface area contributed by atoms with E-state index in [1.165, 1.54) is 18.2 Å². The lowest BCUT2D eigenvalue weighted by molar-refractivity contribution is 0.286. The number of fused-ring (bicyclic) bond motifs is 1. The third kappa shape index (κ3) is 0.705. The van der Waals surface area contributed by atoms with E-state index in [-0.39, 0.29) is 0 Å². The van der Waals surface area contributed by atoms with E-state index in [1.807, 2.05) is 0 Å². The van der Waals surface area contributed by atoms with Crippen LogP contribution in [0.15, 0.2) is 0 Å². The Morgan fingerprint density at radius 1 is 1.38 bits per heavy atom. The van der Waals surface area contributed by atoms with Gasteiger partial charge in [0.15, 0.2) is 0 Å². The van der Waals surface area contributed by atoms with E-state index in [9.17, 15) is 0 Å². The van der Waals surface area contributed by atoms with Crippen LogP contribution in [0.3, 0.4) is 0 Å². The third-order valence-corrected chi connectivity index (χ3v) is 2.95. The fraction of sp³-hybridized carbons (Fsp3) is 1.00. The molecule has 0 N–H and O–H groups in total. The van der Waals surface area contributed by atoms with E-state index >= 15 is 0 Å². The Morgan fingerprint density at radius 3 is 2.38 bits per heavy atom. The monoisotopic (exact) mass is 176 g/mol. The highest BCUT2D eigenvalue weighted by Gasteiger charge is 2.47. The molecule has 2 heteroatoms. The lowest BCUT2D eigenvalue weighted by Gasteiger charge is -2.03. The maximum Gasteiger partial charge on any atom is 0.0845 e. The summed E-state index contributed by atoms with van der Waals surface area (Å²) in [5.41, 5.74) is 0. The first-order valence-corrected chi connectivity index (χ1v) is 4.23. The average Bonchev–Trinajstić information content (AvgIpc) is 2.40. The molecule has 0 aromatic heterocycles. The normalized spacial score (nSPS) is 51.4. The van der Waals surface area contributed by atoms with Gasteiger partial charge in [-0.15, -0.1) is 0 Å². The fourth-order valence-electron chi connectivity index (χ4n) is 1.47. The van der Waals surface area contributed by atoms with Crippen LogP contribution in [0.25, 0.3) is 0 Å². The van der Waals surface area contributed by atoms with Gasteiger partial charge in [0.05, 0.1) is 12.2 Å². The molecule has 8 heavy (non-hydrogen) atoms. The van der Waals surface area contributed by atoms with Gasteiger partial charge in [-0.05, 0) is 18.8 Å². The van der Waals surface area contributed by atoms with Crippen LogP contribution in [0, 0.1) is 5.92 Å². The first kappa shape index (κ1) is 5.24. The lowest BCUT2D eigenvalue weighted by Crippen LogP contribution is -1.98. The molecular weight excluding hydrogens is 168 g/mol. The number of hydrogen-bond acceptors (Lipinski definition) is 1. The highest BCUT2D eigenvalue weighted by molar-refractivity contribution is 9.09. The van der Waals surface area contributed by atoms with Crippen molar-refractivity contribution in [2.24, 2.45) is 5.92 Å². The van der Waals surface area contributed by atoms with Crippen molar-refractivity contribution >= 4 is 15.9 Å². The SMILES string of the molecule is BrCC1CC2OC2C1. The summed E-state index contributed by atoms with van der Waals surface area (Å²) in [6.07, 6.45) is 3.93. The van der Waals surface area contributed by atoms with Gasteiger partial charge in [0.1, 0.15) is 0 Å². The number of ether oxygens (including phenoxy) is 1. The zero-order valence-electron chi connectivity index (χ0n) is 4.64. The summed E-state index contributed by atoms with van der Waals surface area (Å²) in [7, 11) is 0. The van der Waals surface area contributed by atoms with Crippen LogP contribution in [0.5, 0.6) is 0 Å². The number of epoxide rings is 1. The van der Waals surface area contributed by atoms with E-state index < -0.39 is 0 Å². The van der Waals surface area contributed by atoms with Crippen LogP contribution in [0.1, 0.15) is 12.8 Å². The van der Waals surface area contributed by atoms with Gasteiger partial charge in [-0.1, -0.05) is 15.9 Å². The zero-order chi connectivity index (χ0) is 5.56. The second-order valence-corrected chi connectivity index (χ2v) is 3.35. The van der Waals surface area contributed by atoms with Gasteiger partial charge < -0.3 is 4.74 Å². The molecule has 0 amide bonds. The molecule has 0 radical (unpaired) electrons. The summed E-state index contributed by atoms with van der Waals surface area (Å²) in [4.78, 5) is 0. The molecule has 1 nitrogen and oxygen atoms in total. The van der Waals surface area contributed by atoms with Gasteiger partial charge in [-0.25, -0.2) is 0 Å². The van der Waals surface area contributed by atoms with Crippen molar-refractivity contribution in [2.75, 3.05) is 5.33 Å². The molecule has 2 atom stereocenters. The summed E-state index contributed by atoms with van der Waals surface area (Å²) >= 11 is 3.47. The van der Waals surface area contributed by atoms with Crippen LogP contribution in [-0.2, 0) is 4.74 Å². The minimum absolute atomic E-state index is 0.664. The van der Waals surface area contributed by atoms with Gasteiger partial charge in [0.2, 0.25) is 0 Å². The largest absolute Gasteiger partial charge is 0.370 e. The summed E-state index contributed by atoms with van der Waals surface area (Å²) in [5, 5.41) is 1.17. The lowest BCUT2D eigenvalue weighted by atomic mass is 10.1. The second-order valence-electron chi connectivity index (χ2n) is 2.70. The highest BCUT2D eigenvalue weighted by Crippen LogP contribution is 2.42. The summed E-state index contributed by atoms with van der Waals surface area (Å²) < 4.78 is 5.26. The van der Waals surface area contributed by atoms with Gasteiger partial charge >= 0.3 is 0 Å². The Balaban J connectivity index is 1.89. The molecule has 0 aromatic rings. The summed E-state index contributed by atoms with van der Waals surface area (Å²) in [5.74, 6) is 0.916. The zero-order valence-corrected chi connectivity index (χ0v) is 6.23. The van der Waals surface area contributed by atoms with Crippen LogP contribution < -0.4 is 0 Å². The molecule has 2 aliphatic rings. The minimum atomic E-state index is 0.664. The average molecular weight is 177 g/mol. The predicted molar refractivity (Wildman–Crippen MR) is 35.2 cm³/mol. The Kier molecular flexibility index (Phi) is 1.12. The minimum Gasteiger partial charge on any atom is -0.370 e. The van der Waals surface area contributed by atoms with Crippen molar-refractivity contribution in [3.8, 4) is 0 Å². The Labute approximate surface area is 57.5 Å². The van der Waals surface area contributed by atoms with Crippen LogP contribution in [0.4, 0.5) is 0 Å². The second kappa shape index (κ2) is 1.71. The molecule has 0 spiro atoms. The quantitative estimate of drug-likeness (QED) is 0.437. The highest BCUT2D eigenvalue weighted by atomic mass is 79.9. The molecule has 1 saturated heterocycles. The standard InChI is InChI=1S/C6H9BrO/c7-3-4-1-5-6(2-4)8-5/h4-6H,1-3H2. The fourth-order valence-corrected chi connectivity index (χ4v) is 2.00. The summed E-state index contributed by atoms with van der Waals surface area (Å²) in [6, 6.07) is 0. The predicted octanol–water partition coefficient (Wildman–Crippen LogP) is 1.56. The van der Waals surface area contributed by atoms with Crippen LogP contribution in [0.2, 0.25) is 0 Å². The summed E-state index contributed by atoms with van der Waals surface area (Å²) in [6.45, 7) is 0. The van der Waals surface area contributed by atoms with Crippen molar-refractivity contribution < 1.29 is 4.74 Å². The maximum atomic E-state index is 5.26. The third-order valence-electron chi connectivity index (χ3n) is 2.04. The first-order chi connectivity index (χ1) is 3.90. The molecule has 1 aliphatic heterocycles. The molecular formula is C6H9BrO. The molecule has 0 bridgehead atoms. The van der Waals surface area contributed by atoms with E-state index in [4.69, 9.17) is 4.74 Å². The van der Waals surface area contributed by atoms with Crippen molar-refractivity contribution in [1.29, 1.82) is 0 Å². The van der Waals surface area contributed by atoms with Crippen molar-refractivity contribution in [2.45, 2.75) is 25.0 Å². The first-order valence-electron chi connectivity index (χ1n) is 3.11. The molecule has 1 saturated carbocycles. The topological polar surface area (TPSA) is 12.5 Å².